The lowest BCUT2D eigenvalue weighted by Gasteiger charge is -2.27. The molecule has 9 nitrogen and oxygen atoms in total. The fourth-order valence-electron chi connectivity index (χ4n) is 3.38. The summed E-state index contributed by atoms with van der Waals surface area (Å²) in [6.07, 6.45) is 0.217. The molecule has 2 aromatic rings. The Morgan fingerprint density at radius 3 is 2.68 bits per heavy atom. The highest BCUT2D eigenvalue weighted by Gasteiger charge is 2.44. The summed E-state index contributed by atoms with van der Waals surface area (Å²) in [4.78, 5) is 54.1. The van der Waals surface area contributed by atoms with Gasteiger partial charge in [0.05, 0.1) is 22.9 Å². The van der Waals surface area contributed by atoms with Gasteiger partial charge in [0.25, 0.3) is 11.8 Å². The fraction of sp³-hybridized carbons (Fsp3) is 0.278. The smallest absolute Gasteiger partial charge is 0.262 e. The number of nitrogens with two attached hydrogens (primary N) is 1. The molecular formula is C18H17N5O4S. The number of carbonyl (C=O) groups is 4. The molecule has 0 bridgehead atoms. The molecule has 4 N–H and O–H groups in total. The van der Waals surface area contributed by atoms with Gasteiger partial charge in [0.2, 0.25) is 11.8 Å². The quantitative estimate of drug-likeness (QED) is 0.660. The molecule has 4 rings (SSSR count). The lowest BCUT2D eigenvalue weighted by atomic mass is 10.0. The maximum absolute atomic E-state index is 12.8. The summed E-state index contributed by atoms with van der Waals surface area (Å²) in [5, 5.41) is 7.73. The lowest BCUT2D eigenvalue weighted by molar-refractivity contribution is -0.136. The fourth-order valence-corrected chi connectivity index (χ4v) is 4.04. The van der Waals surface area contributed by atoms with E-state index in [0.717, 1.165) is 10.6 Å². The van der Waals surface area contributed by atoms with Gasteiger partial charge in [0, 0.05) is 17.5 Å². The number of nitrogens with zero attached hydrogens (tertiary/aromatic N) is 2. The number of nitrogen functional groups attached to an aromatic ring is 1. The number of benzene rings is 1. The first-order valence-corrected chi connectivity index (χ1v) is 9.56. The molecule has 2 aliphatic rings. The van der Waals surface area contributed by atoms with Crippen molar-refractivity contribution in [1.82, 2.24) is 15.2 Å². The molecule has 0 spiro atoms. The number of aromatic nitrogens is 1. The van der Waals surface area contributed by atoms with E-state index in [4.69, 9.17) is 5.73 Å². The maximum atomic E-state index is 12.8. The van der Waals surface area contributed by atoms with E-state index in [-0.39, 0.29) is 30.0 Å². The van der Waals surface area contributed by atoms with Crippen LogP contribution in [0.2, 0.25) is 0 Å². The third-order valence-corrected chi connectivity index (χ3v) is 5.50. The summed E-state index contributed by atoms with van der Waals surface area (Å²) in [5.74, 6) is -2.09. The van der Waals surface area contributed by atoms with Crippen molar-refractivity contribution in [3.63, 3.8) is 0 Å². The molecule has 28 heavy (non-hydrogen) atoms. The zero-order valence-corrected chi connectivity index (χ0v) is 15.7. The Labute approximate surface area is 163 Å². The number of carbonyl (C=O) groups excluding carboxylic acids is 4. The van der Waals surface area contributed by atoms with Crippen molar-refractivity contribution in [2.45, 2.75) is 31.8 Å². The van der Waals surface area contributed by atoms with E-state index in [0.29, 0.717) is 10.8 Å². The summed E-state index contributed by atoms with van der Waals surface area (Å²) < 4.78 is 0. The Balaban J connectivity index is 1.57. The second-order valence-corrected chi connectivity index (χ2v) is 7.57. The predicted molar refractivity (Wildman–Crippen MR) is 102 cm³/mol. The Morgan fingerprint density at radius 2 is 2.00 bits per heavy atom. The number of rotatable bonds is 4. The zero-order valence-electron chi connectivity index (χ0n) is 14.9. The molecule has 144 valence electrons. The van der Waals surface area contributed by atoms with Crippen LogP contribution in [0.15, 0.2) is 23.6 Å². The second kappa shape index (κ2) is 6.71. The van der Waals surface area contributed by atoms with Crippen LogP contribution >= 0.6 is 11.3 Å². The summed E-state index contributed by atoms with van der Waals surface area (Å²) in [6.45, 7) is 1.91. The first-order chi connectivity index (χ1) is 13.3. The first-order valence-electron chi connectivity index (χ1n) is 8.68. The Hall–Kier alpha value is -3.27. The SMILES string of the molecule is CC(Nc1ccc2c(c1)C(=O)N(C1CCC(=O)NC1=O)C2=O)c1csc(N)n1. The van der Waals surface area contributed by atoms with Crippen molar-refractivity contribution in [2.24, 2.45) is 0 Å². The van der Waals surface area contributed by atoms with Crippen molar-refractivity contribution in [1.29, 1.82) is 0 Å². The monoisotopic (exact) mass is 399 g/mol. The molecule has 0 saturated carbocycles. The van der Waals surface area contributed by atoms with Gasteiger partial charge >= 0.3 is 0 Å². The van der Waals surface area contributed by atoms with Gasteiger partial charge in [-0.25, -0.2) is 4.98 Å². The minimum absolute atomic E-state index is 0.0882. The molecule has 1 aromatic heterocycles. The zero-order chi connectivity index (χ0) is 20.0. The summed E-state index contributed by atoms with van der Waals surface area (Å²) >= 11 is 1.34. The van der Waals surface area contributed by atoms with E-state index in [9.17, 15) is 19.2 Å². The van der Waals surface area contributed by atoms with Gasteiger partial charge in [-0.15, -0.1) is 11.3 Å². The highest BCUT2D eigenvalue weighted by atomic mass is 32.1. The molecule has 4 amide bonds. The van der Waals surface area contributed by atoms with Crippen LogP contribution in [-0.4, -0.2) is 39.6 Å². The standard InChI is InChI=1S/C18H17N5O4S/c1-8(12-7-28-18(19)21-12)20-9-2-3-10-11(6-9)17(27)23(16(10)26)13-4-5-14(24)22-15(13)25/h2-3,6-8,13,20H,4-5H2,1H3,(H2,19,21)(H,22,24,25). The highest BCUT2D eigenvalue weighted by molar-refractivity contribution is 7.13. The number of thiazole rings is 1. The van der Waals surface area contributed by atoms with Crippen LogP contribution in [0.4, 0.5) is 10.8 Å². The van der Waals surface area contributed by atoms with E-state index < -0.39 is 29.7 Å². The van der Waals surface area contributed by atoms with E-state index in [1.54, 1.807) is 18.2 Å². The molecule has 1 fully saturated rings. The minimum Gasteiger partial charge on any atom is -0.377 e. The second-order valence-electron chi connectivity index (χ2n) is 6.68. The number of fused-ring (bicyclic) bond motifs is 1. The summed E-state index contributed by atoms with van der Waals surface area (Å²) in [6, 6.07) is 3.73. The molecule has 1 aromatic carbocycles. The minimum atomic E-state index is -0.974. The molecule has 2 unspecified atom stereocenters. The largest absolute Gasteiger partial charge is 0.377 e. The number of hydrogen-bond acceptors (Lipinski definition) is 8. The molecule has 1 saturated heterocycles. The molecule has 2 aliphatic heterocycles. The van der Waals surface area contributed by atoms with E-state index in [2.05, 4.69) is 15.6 Å². The van der Waals surface area contributed by atoms with Gasteiger partial charge in [0.15, 0.2) is 5.13 Å². The average molecular weight is 399 g/mol. The lowest BCUT2D eigenvalue weighted by Crippen LogP contribution is -2.54. The highest BCUT2D eigenvalue weighted by Crippen LogP contribution is 2.31. The van der Waals surface area contributed by atoms with E-state index in [1.165, 1.54) is 11.3 Å². The number of hydrogen-bond donors (Lipinski definition) is 3. The Kier molecular flexibility index (Phi) is 4.34. The molecule has 3 heterocycles. The van der Waals surface area contributed by atoms with Crippen molar-refractivity contribution >= 4 is 45.8 Å². The summed E-state index contributed by atoms with van der Waals surface area (Å²) in [5.41, 5.74) is 7.55. The van der Waals surface area contributed by atoms with Crippen molar-refractivity contribution < 1.29 is 19.2 Å². The van der Waals surface area contributed by atoms with Crippen molar-refractivity contribution in [2.75, 3.05) is 11.1 Å². The van der Waals surface area contributed by atoms with Gasteiger partial charge in [-0.2, -0.15) is 0 Å². The van der Waals surface area contributed by atoms with E-state index in [1.807, 2.05) is 12.3 Å². The van der Waals surface area contributed by atoms with Gasteiger partial charge in [-0.05, 0) is 31.5 Å². The molecule has 2 atom stereocenters. The van der Waals surface area contributed by atoms with Crippen LogP contribution < -0.4 is 16.4 Å². The number of nitrogens with one attached hydrogen (secondary N) is 2. The van der Waals surface area contributed by atoms with Crippen molar-refractivity contribution in [3.05, 3.63) is 40.4 Å². The maximum Gasteiger partial charge on any atom is 0.262 e. The molecule has 10 heteroatoms. The average Bonchev–Trinajstić information content (AvgIpc) is 3.18. The van der Waals surface area contributed by atoms with Gasteiger partial charge < -0.3 is 11.1 Å². The van der Waals surface area contributed by atoms with Gasteiger partial charge in [-0.1, -0.05) is 0 Å². The topological polar surface area (TPSA) is 134 Å². The Morgan fingerprint density at radius 1 is 1.25 bits per heavy atom. The third-order valence-electron chi connectivity index (χ3n) is 4.81. The van der Waals surface area contributed by atoms with Crippen LogP contribution in [0.5, 0.6) is 0 Å². The van der Waals surface area contributed by atoms with Crippen LogP contribution in [0.25, 0.3) is 0 Å². The van der Waals surface area contributed by atoms with Gasteiger partial charge in [-0.3, -0.25) is 29.4 Å². The van der Waals surface area contributed by atoms with Crippen LogP contribution in [0.1, 0.15) is 52.2 Å². The Bertz CT molecular complexity index is 1020. The predicted octanol–water partition coefficient (Wildman–Crippen LogP) is 1.30. The number of anilines is 2. The normalized spacial score (nSPS) is 20.2. The van der Waals surface area contributed by atoms with Crippen LogP contribution in [0.3, 0.4) is 0 Å². The summed E-state index contributed by atoms with van der Waals surface area (Å²) in [7, 11) is 0. The van der Waals surface area contributed by atoms with E-state index >= 15 is 0 Å². The number of imide groups is 2. The number of amides is 4. The molecule has 0 radical (unpaired) electrons. The van der Waals surface area contributed by atoms with Gasteiger partial charge in [0.1, 0.15) is 6.04 Å². The molecule has 0 aliphatic carbocycles. The van der Waals surface area contributed by atoms with Crippen molar-refractivity contribution in [3.8, 4) is 0 Å². The third kappa shape index (κ3) is 3.01. The molecular weight excluding hydrogens is 382 g/mol. The van der Waals surface area contributed by atoms with Crippen LogP contribution in [0, 0.1) is 0 Å². The number of piperidine rings is 1. The first kappa shape index (κ1) is 18.1. The van der Waals surface area contributed by atoms with Crippen LogP contribution in [-0.2, 0) is 9.59 Å².